The van der Waals surface area contributed by atoms with E-state index in [1.54, 1.807) is 6.07 Å². The lowest BCUT2D eigenvalue weighted by atomic mass is 10.2. The highest BCUT2D eigenvalue weighted by Gasteiger charge is 2.36. The normalized spacial score (nSPS) is 16.9. The van der Waals surface area contributed by atoms with E-state index in [4.69, 9.17) is 0 Å². The molecule has 2 rings (SSSR count). The van der Waals surface area contributed by atoms with E-state index in [9.17, 15) is 18.8 Å². The SMILES string of the molecule is COC(=O)CN1C(=O)S/C(=C/c2ccccc2F)C1=O. The van der Waals surface area contributed by atoms with E-state index in [-0.39, 0.29) is 10.5 Å². The Labute approximate surface area is 118 Å². The van der Waals surface area contributed by atoms with Gasteiger partial charge in [-0.2, -0.15) is 0 Å². The molecule has 0 atom stereocenters. The highest BCUT2D eigenvalue weighted by Crippen LogP contribution is 2.32. The number of imide groups is 1. The van der Waals surface area contributed by atoms with E-state index < -0.39 is 29.5 Å². The van der Waals surface area contributed by atoms with Gasteiger partial charge in [0.2, 0.25) is 0 Å². The van der Waals surface area contributed by atoms with E-state index >= 15 is 0 Å². The van der Waals surface area contributed by atoms with Crippen LogP contribution >= 0.6 is 11.8 Å². The van der Waals surface area contributed by atoms with Crippen LogP contribution in [0.25, 0.3) is 6.08 Å². The number of esters is 1. The third kappa shape index (κ3) is 2.88. The van der Waals surface area contributed by atoms with Crippen molar-refractivity contribution in [3.8, 4) is 0 Å². The second kappa shape index (κ2) is 5.87. The van der Waals surface area contributed by atoms with Crippen LogP contribution in [-0.4, -0.2) is 35.7 Å². The molecule has 7 heteroatoms. The first-order valence-electron chi connectivity index (χ1n) is 5.59. The zero-order chi connectivity index (χ0) is 14.7. The number of thioether (sulfide) groups is 1. The first kappa shape index (κ1) is 14.3. The highest BCUT2D eigenvalue weighted by atomic mass is 32.2. The fourth-order valence-corrected chi connectivity index (χ4v) is 2.39. The quantitative estimate of drug-likeness (QED) is 0.630. The fraction of sp³-hybridized carbons (Fsp3) is 0.154. The zero-order valence-electron chi connectivity index (χ0n) is 10.5. The molecule has 1 fully saturated rings. The summed E-state index contributed by atoms with van der Waals surface area (Å²) in [5.41, 5.74) is 0.205. The third-order valence-electron chi connectivity index (χ3n) is 2.58. The number of amides is 2. The molecule has 0 aromatic heterocycles. The molecular formula is C13H10FNO4S. The van der Waals surface area contributed by atoms with E-state index in [2.05, 4.69) is 4.74 Å². The maximum Gasteiger partial charge on any atom is 0.325 e. The van der Waals surface area contributed by atoms with Crippen LogP contribution in [-0.2, 0) is 14.3 Å². The average molecular weight is 295 g/mol. The number of carbonyl (C=O) groups is 3. The minimum atomic E-state index is -0.695. The number of hydrogen-bond donors (Lipinski definition) is 0. The molecule has 0 unspecified atom stereocenters. The number of hydrogen-bond acceptors (Lipinski definition) is 5. The Morgan fingerprint density at radius 2 is 2.10 bits per heavy atom. The van der Waals surface area contributed by atoms with Gasteiger partial charge in [0, 0.05) is 5.56 Å². The molecule has 0 spiro atoms. The number of ether oxygens (including phenoxy) is 1. The Hall–Kier alpha value is -2.15. The maximum absolute atomic E-state index is 13.5. The zero-order valence-corrected chi connectivity index (χ0v) is 11.3. The van der Waals surface area contributed by atoms with Crippen molar-refractivity contribution < 1.29 is 23.5 Å². The monoisotopic (exact) mass is 295 g/mol. The molecule has 1 aromatic carbocycles. The molecule has 0 bridgehead atoms. The van der Waals surface area contributed by atoms with E-state index in [1.165, 1.54) is 24.3 Å². The summed E-state index contributed by atoms with van der Waals surface area (Å²) >= 11 is 0.662. The average Bonchev–Trinajstić information content (AvgIpc) is 2.69. The van der Waals surface area contributed by atoms with Gasteiger partial charge >= 0.3 is 5.97 Å². The molecule has 0 aliphatic carbocycles. The van der Waals surface area contributed by atoms with Crippen LogP contribution in [0, 0.1) is 5.82 Å². The van der Waals surface area contributed by atoms with Crippen molar-refractivity contribution in [1.82, 2.24) is 4.90 Å². The van der Waals surface area contributed by atoms with Crippen LogP contribution in [0.5, 0.6) is 0 Å². The summed E-state index contributed by atoms with van der Waals surface area (Å²) in [5.74, 6) is -1.82. The van der Waals surface area contributed by atoms with Crippen LogP contribution in [0.15, 0.2) is 29.2 Å². The number of carbonyl (C=O) groups excluding carboxylic acids is 3. The summed E-state index contributed by atoms with van der Waals surface area (Å²) < 4.78 is 17.9. The lowest BCUT2D eigenvalue weighted by molar-refractivity contribution is -0.143. The van der Waals surface area contributed by atoms with Crippen molar-refractivity contribution in [1.29, 1.82) is 0 Å². The molecule has 0 saturated carbocycles. The van der Waals surface area contributed by atoms with Crippen LogP contribution in [0.3, 0.4) is 0 Å². The number of nitrogens with zero attached hydrogens (tertiary/aromatic N) is 1. The summed E-state index contributed by atoms with van der Waals surface area (Å²) in [5, 5.41) is -0.581. The third-order valence-corrected chi connectivity index (χ3v) is 3.49. The Morgan fingerprint density at radius 3 is 2.75 bits per heavy atom. The Balaban J connectivity index is 2.24. The Kier molecular flexibility index (Phi) is 4.19. The minimum absolute atomic E-state index is 0.0732. The van der Waals surface area contributed by atoms with Gasteiger partial charge in [-0.1, -0.05) is 18.2 Å². The van der Waals surface area contributed by atoms with Crippen molar-refractivity contribution in [2.24, 2.45) is 0 Å². The molecule has 0 radical (unpaired) electrons. The molecule has 1 saturated heterocycles. The minimum Gasteiger partial charge on any atom is -0.468 e. The Morgan fingerprint density at radius 1 is 1.40 bits per heavy atom. The molecule has 1 aromatic rings. The van der Waals surface area contributed by atoms with E-state index in [0.29, 0.717) is 11.8 Å². The van der Waals surface area contributed by atoms with Crippen molar-refractivity contribution in [2.45, 2.75) is 0 Å². The number of halogens is 1. The van der Waals surface area contributed by atoms with E-state index in [0.717, 1.165) is 12.0 Å². The molecule has 1 heterocycles. The molecule has 0 N–H and O–H groups in total. The lowest BCUT2D eigenvalue weighted by Crippen LogP contribution is -2.34. The summed E-state index contributed by atoms with van der Waals surface area (Å²) in [6.45, 7) is -0.449. The van der Waals surface area contributed by atoms with Crippen LogP contribution in [0.1, 0.15) is 5.56 Å². The first-order chi connectivity index (χ1) is 9.52. The van der Waals surface area contributed by atoms with Gasteiger partial charge in [0.05, 0.1) is 12.0 Å². The summed E-state index contributed by atoms with van der Waals surface area (Å²) in [7, 11) is 1.16. The van der Waals surface area contributed by atoms with Gasteiger partial charge in [-0.05, 0) is 23.9 Å². The number of benzene rings is 1. The smallest absolute Gasteiger partial charge is 0.325 e. The van der Waals surface area contributed by atoms with Crippen LogP contribution in [0.4, 0.5) is 9.18 Å². The van der Waals surface area contributed by atoms with Gasteiger partial charge < -0.3 is 4.74 Å². The fourth-order valence-electron chi connectivity index (χ4n) is 1.56. The summed E-state index contributed by atoms with van der Waals surface area (Å²) in [6.07, 6.45) is 1.29. The lowest BCUT2D eigenvalue weighted by Gasteiger charge is -2.09. The molecule has 1 aliphatic rings. The van der Waals surface area contributed by atoms with Crippen LogP contribution < -0.4 is 0 Å². The summed E-state index contributed by atoms with van der Waals surface area (Å²) in [4.78, 5) is 35.6. The van der Waals surface area contributed by atoms with Crippen LogP contribution in [0.2, 0.25) is 0 Å². The van der Waals surface area contributed by atoms with Gasteiger partial charge in [0.25, 0.3) is 11.1 Å². The number of rotatable bonds is 3. The first-order valence-corrected chi connectivity index (χ1v) is 6.41. The second-order valence-corrected chi connectivity index (χ2v) is 4.86. The van der Waals surface area contributed by atoms with E-state index in [1.807, 2.05) is 0 Å². The van der Waals surface area contributed by atoms with Crippen molar-refractivity contribution in [3.05, 3.63) is 40.6 Å². The molecular weight excluding hydrogens is 285 g/mol. The molecule has 2 amide bonds. The largest absolute Gasteiger partial charge is 0.468 e. The standard InChI is InChI=1S/C13H10FNO4S/c1-19-11(16)7-15-12(17)10(20-13(15)18)6-8-4-2-3-5-9(8)14/h2-6H,7H2,1H3/b10-6+. The van der Waals surface area contributed by atoms with Crippen molar-refractivity contribution in [3.63, 3.8) is 0 Å². The predicted octanol–water partition coefficient (Wildman–Crippen LogP) is 2.04. The summed E-state index contributed by atoms with van der Waals surface area (Å²) in [6, 6.07) is 5.89. The van der Waals surface area contributed by atoms with Gasteiger partial charge in [-0.3, -0.25) is 19.3 Å². The predicted molar refractivity (Wildman–Crippen MR) is 71.1 cm³/mol. The molecule has 104 valence electrons. The molecule has 1 aliphatic heterocycles. The van der Waals surface area contributed by atoms with Gasteiger partial charge in [-0.25, -0.2) is 4.39 Å². The van der Waals surface area contributed by atoms with Crippen molar-refractivity contribution in [2.75, 3.05) is 13.7 Å². The van der Waals surface area contributed by atoms with Gasteiger partial charge in [0.1, 0.15) is 12.4 Å². The highest BCUT2D eigenvalue weighted by molar-refractivity contribution is 8.18. The number of methoxy groups -OCH3 is 1. The van der Waals surface area contributed by atoms with Crippen molar-refractivity contribution >= 4 is 35.0 Å². The Bertz CT molecular complexity index is 614. The molecule has 5 nitrogen and oxygen atoms in total. The topological polar surface area (TPSA) is 63.7 Å². The maximum atomic E-state index is 13.5. The van der Waals surface area contributed by atoms with Gasteiger partial charge in [0.15, 0.2) is 0 Å². The second-order valence-electron chi connectivity index (χ2n) is 3.87. The molecule has 20 heavy (non-hydrogen) atoms. The van der Waals surface area contributed by atoms with Gasteiger partial charge in [-0.15, -0.1) is 0 Å².